The molecule has 0 radical (unpaired) electrons. The van der Waals surface area contributed by atoms with Crippen LogP contribution < -0.4 is 11.1 Å². The molecule has 0 spiro atoms. The van der Waals surface area contributed by atoms with E-state index >= 15 is 0 Å². The first-order valence-electron chi connectivity index (χ1n) is 7.66. The standard InChI is InChI=1S/C18H17F2N3O/c1-2-6-22-18(24)17-15(21)14-5-3-4-13(16(14)23-17)10-7-11(19)9-12(20)8-10/h3-5,7-9,23H,2,6,21H2,1H3,(H,22,24). The summed E-state index contributed by atoms with van der Waals surface area (Å²) in [6, 6.07) is 8.52. The van der Waals surface area contributed by atoms with Crippen molar-refractivity contribution in [3.63, 3.8) is 0 Å². The largest absolute Gasteiger partial charge is 0.396 e. The van der Waals surface area contributed by atoms with Crippen LogP contribution in [0.25, 0.3) is 22.0 Å². The lowest BCUT2D eigenvalue weighted by Gasteiger charge is -2.04. The molecule has 0 saturated carbocycles. The molecule has 24 heavy (non-hydrogen) atoms. The van der Waals surface area contributed by atoms with Crippen LogP contribution in [0, 0.1) is 11.6 Å². The zero-order valence-electron chi connectivity index (χ0n) is 13.1. The number of para-hydroxylation sites is 1. The lowest BCUT2D eigenvalue weighted by Crippen LogP contribution is -2.25. The van der Waals surface area contributed by atoms with Crippen molar-refractivity contribution in [2.45, 2.75) is 13.3 Å². The number of H-pyrrole nitrogens is 1. The molecule has 0 aliphatic heterocycles. The number of hydrogen-bond acceptors (Lipinski definition) is 2. The summed E-state index contributed by atoms with van der Waals surface area (Å²) < 4.78 is 27.1. The van der Waals surface area contributed by atoms with Crippen molar-refractivity contribution >= 4 is 22.5 Å². The highest BCUT2D eigenvalue weighted by atomic mass is 19.1. The molecule has 0 saturated heterocycles. The van der Waals surface area contributed by atoms with E-state index in [1.165, 1.54) is 12.1 Å². The van der Waals surface area contributed by atoms with E-state index in [0.717, 1.165) is 12.5 Å². The van der Waals surface area contributed by atoms with Crippen LogP contribution in [-0.4, -0.2) is 17.4 Å². The Morgan fingerprint density at radius 2 is 1.92 bits per heavy atom. The fourth-order valence-electron chi connectivity index (χ4n) is 2.69. The summed E-state index contributed by atoms with van der Waals surface area (Å²) in [6.45, 7) is 2.49. The Morgan fingerprint density at radius 3 is 2.58 bits per heavy atom. The van der Waals surface area contributed by atoms with Crippen LogP contribution in [0.4, 0.5) is 14.5 Å². The predicted molar refractivity (Wildman–Crippen MR) is 90.7 cm³/mol. The summed E-state index contributed by atoms with van der Waals surface area (Å²) in [5, 5.41) is 3.40. The number of aromatic nitrogens is 1. The lowest BCUT2D eigenvalue weighted by molar-refractivity contribution is 0.0950. The Morgan fingerprint density at radius 1 is 1.21 bits per heavy atom. The Balaban J connectivity index is 2.15. The van der Waals surface area contributed by atoms with E-state index in [-0.39, 0.29) is 11.6 Å². The molecular formula is C18H17F2N3O. The number of anilines is 1. The number of halogens is 2. The average molecular weight is 329 g/mol. The maximum absolute atomic E-state index is 13.5. The van der Waals surface area contributed by atoms with Crippen LogP contribution in [0.2, 0.25) is 0 Å². The highest BCUT2D eigenvalue weighted by Crippen LogP contribution is 2.33. The van der Waals surface area contributed by atoms with Gasteiger partial charge in [0.25, 0.3) is 5.91 Å². The van der Waals surface area contributed by atoms with Gasteiger partial charge in [0.15, 0.2) is 0 Å². The highest BCUT2D eigenvalue weighted by Gasteiger charge is 2.18. The van der Waals surface area contributed by atoms with E-state index in [1.807, 2.05) is 6.92 Å². The molecule has 2 aromatic carbocycles. The summed E-state index contributed by atoms with van der Waals surface area (Å²) in [4.78, 5) is 15.2. The van der Waals surface area contributed by atoms with Gasteiger partial charge in [-0.25, -0.2) is 8.78 Å². The Labute approximate surface area is 137 Å². The molecule has 1 amide bonds. The molecule has 0 unspecified atom stereocenters. The lowest BCUT2D eigenvalue weighted by atomic mass is 10.0. The molecule has 4 N–H and O–H groups in total. The van der Waals surface area contributed by atoms with Crippen molar-refractivity contribution in [3.8, 4) is 11.1 Å². The summed E-state index contributed by atoms with van der Waals surface area (Å²) >= 11 is 0. The van der Waals surface area contributed by atoms with Crippen LogP contribution in [-0.2, 0) is 0 Å². The van der Waals surface area contributed by atoms with Crippen LogP contribution in [0.1, 0.15) is 23.8 Å². The molecule has 1 aromatic heterocycles. The fraction of sp³-hybridized carbons (Fsp3) is 0.167. The van der Waals surface area contributed by atoms with Crippen molar-refractivity contribution < 1.29 is 13.6 Å². The van der Waals surface area contributed by atoms with Gasteiger partial charge >= 0.3 is 0 Å². The summed E-state index contributed by atoms with van der Waals surface area (Å²) in [6.07, 6.45) is 0.805. The number of hydrogen-bond donors (Lipinski definition) is 3. The smallest absolute Gasteiger partial charge is 0.269 e. The molecule has 1 heterocycles. The van der Waals surface area contributed by atoms with Gasteiger partial charge in [0.1, 0.15) is 17.3 Å². The quantitative estimate of drug-likeness (QED) is 0.680. The summed E-state index contributed by atoms with van der Waals surface area (Å²) in [5.74, 6) is -1.63. The molecule has 3 rings (SSSR count). The van der Waals surface area contributed by atoms with E-state index in [9.17, 15) is 13.6 Å². The summed E-state index contributed by atoms with van der Waals surface area (Å²) in [5.41, 5.74) is 8.17. The molecular weight excluding hydrogens is 312 g/mol. The van der Waals surface area contributed by atoms with Crippen LogP contribution in [0.5, 0.6) is 0 Å². The average Bonchev–Trinajstić information content (AvgIpc) is 2.89. The second-order valence-electron chi connectivity index (χ2n) is 5.56. The number of rotatable bonds is 4. The van der Waals surface area contributed by atoms with Gasteiger partial charge in [0.05, 0.1) is 11.2 Å². The zero-order chi connectivity index (χ0) is 17.3. The minimum atomic E-state index is -0.664. The molecule has 0 aliphatic carbocycles. The topological polar surface area (TPSA) is 70.9 Å². The molecule has 0 fully saturated rings. The number of nitrogen functional groups attached to an aromatic ring is 1. The molecule has 0 aliphatic rings. The van der Waals surface area contributed by atoms with Gasteiger partial charge in [-0.3, -0.25) is 4.79 Å². The number of amides is 1. The fourth-order valence-corrected chi connectivity index (χ4v) is 2.69. The van der Waals surface area contributed by atoms with E-state index in [1.54, 1.807) is 18.2 Å². The molecule has 4 nitrogen and oxygen atoms in total. The first-order valence-corrected chi connectivity index (χ1v) is 7.66. The third-order valence-corrected chi connectivity index (χ3v) is 3.81. The first kappa shape index (κ1) is 16.0. The highest BCUT2D eigenvalue weighted by molar-refractivity contribution is 6.10. The molecule has 0 bridgehead atoms. The minimum Gasteiger partial charge on any atom is -0.396 e. The number of carbonyl (C=O) groups excluding carboxylic acids is 1. The number of carbonyl (C=O) groups is 1. The van der Waals surface area contributed by atoms with Crippen molar-refractivity contribution in [1.82, 2.24) is 10.3 Å². The van der Waals surface area contributed by atoms with Gasteiger partial charge < -0.3 is 16.0 Å². The Kier molecular flexibility index (Phi) is 4.20. The van der Waals surface area contributed by atoms with Crippen LogP contribution >= 0.6 is 0 Å². The summed E-state index contributed by atoms with van der Waals surface area (Å²) in [7, 11) is 0. The normalized spacial score (nSPS) is 11.0. The van der Waals surface area contributed by atoms with Gasteiger partial charge in [-0.2, -0.15) is 0 Å². The number of fused-ring (bicyclic) bond motifs is 1. The maximum atomic E-state index is 13.5. The first-order chi connectivity index (χ1) is 11.5. The second kappa shape index (κ2) is 6.31. The van der Waals surface area contributed by atoms with Gasteiger partial charge in [-0.1, -0.05) is 25.1 Å². The van der Waals surface area contributed by atoms with Gasteiger partial charge in [0, 0.05) is 23.6 Å². The van der Waals surface area contributed by atoms with E-state index in [0.29, 0.717) is 34.3 Å². The van der Waals surface area contributed by atoms with Crippen LogP contribution in [0.3, 0.4) is 0 Å². The predicted octanol–water partition coefficient (Wildman–Crippen LogP) is 3.84. The third-order valence-electron chi connectivity index (χ3n) is 3.81. The van der Waals surface area contributed by atoms with E-state index in [2.05, 4.69) is 10.3 Å². The van der Waals surface area contributed by atoms with Crippen molar-refractivity contribution in [2.24, 2.45) is 0 Å². The number of benzene rings is 2. The molecule has 124 valence electrons. The number of nitrogens with two attached hydrogens (primary N) is 1. The second-order valence-corrected chi connectivity index (χ2v) is 5.56. The minimum absolute atomic E-state index is 0.253. The van der Waals surface area contributed by atoms with Crippen molar-refractivity contribution in [3.05, 3.63) is 53.7 Å². The van der Waals surface area contributed by atoms with Crippen molar-refractivity contribution in [1.29, 1.82) is 0 Å². The molecule has 3 aromatic rings. The zero-order valence-corrected chi connectivity index (χ0v) is 13.1. The Hall–Kier alpha value is -2.89. The monoisotopic (exact) mass is 329 g/mol. The van der Waals surface area contributed by atoms with Crippen LogP contribution in [0.15, 0.2) is 36.4 Å². The number of aromatic amines is 1. The molecule has 0 atom stereocenters. The van der Waals surface area contributed by atoms with Gasteiger partial charge in [-0.05, 0) is 24.1 Å². The van der Waals surface area contributed by atoms with Gasteiger partial charge in [-0.15, -0.1) is 0 Å². The maximum Gasteiger partial charge on any atom is 0.269 e. The van der Waals surface area contributed by atoms with Crippen molar-refractivity contribution in [2.75, 3.05) is 12.3 Å². The third kappa shape index (κ3) is 2.82. The number of nitrogens with one attached hydrogen (secondary N) is 2. The van der Waals surface area contributed by atoms with Gasteiger partial charge in [0.2, 0.25) is 0 Å². The molecule has 6 heteroatoms. The van der Waals surface area contributed by atoms with E-state index < -0.39 is 11.6 Å². The Bertz CT molecular complexity index is 898. The SMILES string of the molecule is CCCNC(=O)c1[nH]c2c(-c3cc(F)cc(F)c3)cccc2c1N. The van der Waals surface area contributed by atoms with E-state index in [4.69, 9.17) is 5.73 Å².